The summed E-state index contributed by atoms with van der Waals surface area (Å²) in [5.41, 5.74) is 0. The monoisotopic (exact) mass is 441 g/mol. The molecule has 0 spiro atoms. The van der Waals surface area contributed by atoms with Crippen LogP contribution in [0.25, 0.3) is 0 Å². The first-order chi connectivity index (χ1) is 10.5. The first-order valence-electron chi connectivity index (χ1n) is 8.52. The lowest BCUT2D eigenvalue weighted by Gasteiger charge is -2.34. The molecule has 0 radical (unpaired) electrons. The number of guanidine groups is 1. The predicted octanol–water partition coefficient (Wildman–Crippen LogP) is 1.08. The summed E-state index contributed by atoms with van der Waals surface area (Å²) in [6, 6.07) is 0. The maximum atomic E-state index is 5.85. The summed E-state index contributed by atoms with van der Waals surface area (Å²) in [7, 11) is 3.93. The van der Waals surface area contributed by atoms with Gasteiger partial charge in [-0.05, 0) is 19.5 Å². The molecule has 1 atom stereocenters. The molecule has 0 aromatic rings. The number of halogens is 1. The maximum absolute atomic E-state index is 5.85. The van der Waals surface area contributed by atoms with Crippen LogP contribution in [0.1, 0.15) is 20.8 Å². The Morgan fingerprint density at radius 3 is 2.74 bits per heavy atom. The van der Waals surface area contributed by atoms with E-state index in [2.05, 4.69) is 53.2 Å². The van der Waals surface area contributed by atoms with E-state index in [1.54, 1.807) is 0 Å². The Morgan fingerprint density at radius 2 is 2.13 bits per heavy atom. The lowest BCUT2D eigenvalue weighted by molar-refractivity contribution is -0.0284. The molecule has 1 fully saturated rings. The second-order valence-electron chi connectivity index (χ2n) is 6.42. The molecule has 1 saturated heterocycles. The number of hydrogen-bond acceptors (Lipinski definition) is 4. The first kappa shape index (κ1) is 22.9. The molecule has 138 valence electrons. The van der Waals surface area contributed by atoms with Crippen LogP contribution in [0.3, 0.4) is 0 Å². The number of nitrogens with one attached hydrogen (secondary N) is 2. The lowest BCUT2D eigenvalue weighted by Crippen LogP contribution is -2.50. The topological polar surface area (TPSA) is 52.1 Å². The number of nitrogens with zero attached hydrogens (tertiary/aromatic N) is 3. The van der Waals surface area contributed by atoms with Gasteiger partial charge in [0.2, 0.25) is 0 Å². The van der Waals surface area contributed by atoms with Crippen molar-refractivity contribution < 1.29 is 4.74 Å². The zero-order valence-corrected chi connectivity index (χ0v) is 17.8. The quantitative estimate of drug-likeness (QED) is 0.336. The number of morpholine rings is 1. The molecule has 7 heteroatoms. The third-order valence-electron chi connectivity index (χ3n) is 3.89. The number of ether oxygens (including phenoxy) is 1. The fourth-order valence-corrected chi connectivity index (χ4v) is 2.54. The molecule has 1 aliphatic heterocycles. The predicted molar refractivity (Wildman–Crippen MR) is 109 cm³/mol. The SMILES string of the molecule is CCN(C)CCNC(=NC)NCC1CN(CC(C)C)CCO1.I. The number of likely N-dealkylation sites (N-methyl/N-ethyl adjacent to an activating group) is 1. The van der Waals surface area contributed by atoms with Crippen LogP contribution in [0.4, 0.5) is 0 Å². The van der Waals surface area contributed by atoms with Gasteiger partial charge in [0.05, 0.1) is 12.7 Å². The fourth-order valence-electron chi connectivity index (χ4n) is 2.54. The third kappa shape index (κ3) is 10.4. The summed E-state index contributed by atoms with van der Waals surface area (Å²) in [4.78, 5) is 9.03. The van der Waals surface area contributed by atoms with E-state index in [9.17, 15) is 0 Å². The van der Waals surface area contributed by atoms with Crippen molar-refractivity contribution in [1.82, 2.24) is 20.4 Å². The van der Waals surface area contributed by atoms with Crippen LogP contribution in [-0.2, 0) is 4.74 Å². The van der Waals surface area contributed by atoms with Gasteiger partial charge in [0.25, 0.3) is 0 Å². The van der Waals surface area contributed by atoms with Gasteiger partial charge in [-0.25, -0.2) is 0 Å². The minimum Gasteiger partial charge on any atom is -0.374 e. The van der Waals surface area contributed by atoms with Gasteiger partial charge in [0, 0.05) is 46.3 Å². The number of aliphatic imine (C=N–C) groups is 1. The average molecular weight is 441 g/mol. The van der Waals surface area contributed by atoms with Crippen molar-refractivity contribution in [2.45, 2.75) is 26.9 Å². The molecule has 1 rings (SSSR count). The molecule has 0 amide bonds. The Labute approximate surface area is 159 Å². The van der Waals surface area contributed by atoms with Gasteiger partial charge in [-0.3, -0.25) is 9.89 Å². The molecule has 0 aromatic carbocycles. The molecule has 23 heavy (non-hydrogen) atoms. The van der Waals surface area contributed by atoms with E-state index in [0.717, 1.165) is 58.4 Å². The van der Waals surface area contributed by atoms with E-state index in [1.807, 2.05) is 7.05 Å². The Hall–Kier alpha value is -0.120. The summed E-state index contributed by atoms with van der Waals surface area (Å²) < 4.78 is 5.85. The standard InChI is InChI=1S/C16H35N5O.HI/c1-6-20(5)8-7-18-16(17-4)19-11-15-13-21(9-10-22-15)12-14(2)3;/h14-15H,6-13H2,1-5H3,(H2,17,18,19);1H. The Balaban J connectivity index is 0.00000484. The summed E-state index contributed by atoms with van der Waals surface area (Å²) in [5, 5.41) is 6.72. The largest absolute Gasteiger partial charge is 0.374 e. The second kappa shape index (κ2) is 13.2. The number of hydrogen-bond donors (Lipinski definition) is 2. The zero-order chi connectivity index (χ0) is 16.4. The van der Waals surface area contributed by atoms with E-state index in [-0.39, 0.29) is 30.1 Å². The van der Waals surface area contributed by atoms with Crippen molar-refractivity contribution >= 4 is 29.9 Å². The highest BCUT2D eigenvalue weighted by molar-refractivity contribution is 14.0. The van der Waals surface area contributed by atoms with E-state index in [1.165, 1.54) is 0 Å². The van der Waals surface area contributed by atoms with Crippen molar-refractivity contribution in [3.8, 4) is 0 Å². The lowest BCUT2D eigenvalue weighted by atomic mass is 10.2. The first-order valence-corrected chi connectivity index (χ1v) is 8.52. The second-order valence-corrected chi connectivity index (χ2v) is 6.42. The minimum atomic E-state index is 0. The molecule has 1 unspecified atom stereocenters. The maximum Gasteiger partial charge on any atom is 0.191 e. The normalized spacial score (nSPS) is 19.8. The van der Waals surface area contributed by atoms with E-state index in [0.29, 0.717) is 5.92 Å². The zero-order valence-electron chi connectivity index (χ0n) is 15.5. The van der Waals surface area contributed by atoms with Gasteiger partial charge >= 0.3 is 0 Å². The summed E-state index contributed by atoms with van der Waals surface area (Å²) in [6.07, 6.45) is 0.240. The Morgan fingerprint density at radius 1 is 1.39 bits per heavy atom. The fraction of sp³-hybridized carbons (Fsp3) is 0.938. The van der Waals surface area contributed by atoms with Crippen LogP contribution >= 0.6 is 24.0 Å². The van der Waals surface area contributed by atoms with Gasteiger partial charge in [-0.2, -0.15) is 0 Å². The van der Waals surface area contributed by atoms with Gasteiger partial charge in [-0.15, -0.1) is 24.0 Å². The van der Waals surface area contributed by atoms with Crippen LogP contribution in [0, 0.1) is 5.92 Å². The summed E-state index contributed by atoms with van der Waals surface area (Å²) in [6.45, 7) is 14.5. The molecule has 0 aliphatic carbocycles. The molecule has 1 aliphatic rings. The van der Waals surface area contributed by atoms with E-state index in [4.69, 9.17) is 4.74 Å². The molecule has 0 saturated carbocycles. The Bertz CT molecular complexity index is 328. The average Bonchev–Trinajstić information content (AvgIpc) is 2.50. The van der Waals surface area contributed by atoms with Crippen molar-refractivity contribution in [3.63, 3.8) is 0 Å². The van der Waals surface area contributed by atoms with Crippen molar-refractivity contribution in [2.24, 2.45) is 10.9 Å². The summed E-state index contributed by atoms with van der Waals surface area (Å²) >= 11 is 0. The Kier molecular flexibility index (Phi) is 13.1. The van der Waals surface area contributed by atoms with Crippen LogP contribution in [0.2, 0.25) is 0 Å². The molecular formula is C16H36IN5O. The van der Waals surface area contributed by atoms with Crippen LogP contribution in [0.5, 0.6) is 0 Å². The highest BCUT2D eigenvalue weighted by Crippen LogP contribution is 2.07. The highest BCUT2D eigenvalue weighted by atomic mass is 127. The molecule has 2 N–H and O–H groups in total. The molecular weight excluding hydrogens is 405 g/mol. The molecule has 0 bridgehead atoms. The van der Waals surface area contributed by atoms with Gasteiger partial charge in [0.1, 0.15) is 0 Å². The van der Waals surface area contributed by atoms with Gasteiger partial charge in [0.15, 0.2) is 5.96 Å². The van der Waals surface area contributed by atoms with E-state index >= 15 is 0 Å². The van der Waals surface area contributed by atoms with E-state index < -0.39 is 0 Å². The van der Waals surface area contributed by atoms with Crippen LogP contribution in [-0.4, -0.2) is 88.4 Å². The highest BCUT2D eigenvalue weighted by Gasteiger charge is 2.20. The van der Waals surface area contributed by atoms with Gasteiger partial charge < -0.3 is 20.3 Å². The smallest absolute Gasteiger partial charge is 0.191 e. The van der Waals surface area contributed by atoms with Gasteiger partial charge in [-0.1, -0.05) is 20.8 Å². The van der Waals surface area contributed by atoms with Crippen molar-refractivity contribution in [2.75, 3.05) is 66.5 Å². The molecule has 0 aromatic heterocycles. The summed E-state index contributed by atoms with van der Waals surface area (Å²) in [5.74, 6) is 1.56. The third-order valence-corrected chi connectivity index (χ3v) is 3.89. The minimum absolute atomic E-state index is 0. The number of rotatable bonds is 8. The van der Waals surface area contributed by atoms with Crippen molar-refractivity contribution in [3.05, 3.63) is 0 Å². The van der Waals surface area contributed by atoms with Crippen LogP contribution in [0.15, 0.2) is 4.99 Å². The molecule has 1 heterocycles. The van der Waals surface area contributed by atoms with Crippen molar-refractivity contribution in [1.29, 1.82) is 0 Å². The van der Waals surface area contributed by atoms with Crippen LogP contribution < -0.4 is 10.6 Å². The molecule has 6 nitrogen and oxygen atoms in total.